The molecule has 0 unspecified atom stereocenters. The molecular formula is C14H20O2. The van der Waals surface area contributed by atoms with Gasteiger partial charge in [0, 0.05) is 5.92 Å². The van der Waals surface area contributed by atoms with Crippen LogP contribution in [0.1, 0.15) is 44.3 Å². The highest BCUT2D eigenvalue weighted by molar-refractivity contribution is 5.55. The minimum absolute atomic E-state index is 0.269. The Balaban J connectivity index is 2.55. The molecule has 0 saturated carbocycles. The second kappa shape index (κ2) is 7.18. The number of carbonyl (C=O) groups is 1. The smallest absolute Gasteiger partial charge is 0.126 e. The van der Waals surface area contributed by atoms with E-state index in [-0.39, 0.29) is 5.92 Å². The van der Waals surface area contributed by atoms with Crippen LogP contribution in [0.3, 0.4) is 0 Å². The van der Waals surface area contributed by atoms with Crippen molar-refractivity contribution in [1.82, 2.24) is 0 Å². The van der Waals surface area contributed by atoms with Gasteiger partial charge in [-0.2, -0.15) is 0 Å². The number of aldehydes is 1. The van der Waals surface area contributed by atoms with Gasteiger partial charge in [0.25, 0.3) is 0 Å². The number of rotatable bonds is 7. The van der Waals surface area contributed by atoms with Gasteiger partial charge in [-0.1, -0.05) is 56.5 Å². The predicted octanol–water partition coefficient (Wildman–Crippen LogP) is 3.12. The maximum Gasteiger partial charge on any atom is 0.126 e. The summed E-state index contributed by atoms with van der Waals surface area (Å²) in [5.41, 5.74) is 0.830. The monoisotopic (exact) mass is 220 g/mol. The molecule has 1 aromatic rings. The Morgan fingerprint density at radius 2 is 1.94 bits per heavy atom. The van der Waals surface area contributed by atoms with Crippen molar-refractivity contribution < 1.29 is 9.90 Å². The van der Waals surface area contributed by atoms with Crippen LogP contribution in [0.2, 0.25) is 0 Å². The molecule has 88 valence electrons. The first-order valence-corrected chi connectivity index (χ1v) is 5.98. The number of unbranched alkanes of at least 4 members (excludes halogenated alkanes) is 2. The average molecular weight is 220 g/mol. The van der Waals surface area contributed by atoms with Crippen LogP contribution in [-0.2, 0) is 4.79 Å². The van der Waals surface area contributed by atoms with E-state index in [9.17, 15) is 9.90 Å². The van der Waals surface area contributed by atoms with E-state index in [4.69, 9.17) is 0 Å². The maximum atomic E-state index is 11.0. The third kappa shape index (κ3) is 3.78. The number of aliphatic hydroxyl groups is 1. The van der Waals surface area contributed by atoms with Crippen molar-refractivity contribution >= 4 is 6.29 Å². The molecule has 0 aliphatic heterocycles. The number of aliphatic hydroxyl groups excluding tert-OH is 1. The largest absolute Gasteiger partial charge is 0.388 e. The van der Waals surface area contributed by atoms with E-state index in [2.05, 4.69) is 6.92 Å². The molecule has 0 spiro atoms. The molecule has 2 heteroatoms. The fraction of sp³-hybridized carbons (Fsp3) is 0.500. The Kier molecular flexibility index (Phi) is 5.79. The Hall–Kier alpha value is -1.15. The van der Waals surface area contributed by atoms with E-state index in [0.717, 1.165) is 37.5 Å². The van der Waals surface area contributed by atoms with Gasteiger partial charge in [-0.25, -0.2) is 0 Å². The van der Waals surface area contributed by atoms with Crippen molar-refractivity contribution in [1.29, 1.82) is 0 Å². The van der Waals surface area contributed by atoms with E-state index < -0.39 is 6.10 Å². The van der Waals surface area contributed by atoms with Crippen LogP contribution in [0, 0.1) is 5.92 Å². The van der Waals surface area contributed by atoms with Crippen molar-refractivity contribution in [2.75, 3.05) is 0 Å². The summed E-state index contributed by atoms with van der Waals surface area (Å²) in [5.74, 6) is -0.269. The summed E-state index contributed by atoms with van der Waals surface area (Å²) in [5, 5.41) is 10.0. The van der Waals surface area contributed by atoms with Crippen LogP contribution in [-0.4, -0.2) is 11.4 Å². The lowest BCUT2D eigenvalue weighted by Gasteiger charge is -2.17. The molecule has 0 radical (unpaired) electrons. The molecule has 0 aromatic heterocycles. The molecule has 0 aliphatic carbocycles. The summed E-state index contributed by atoms with van der Waals surface area (Å²) in [7, 11) is 0. The van der Waals surface area contributed by atoms with E-state index >= 15 is 0 Å². The molecule has 0 heterocycles. The number of carbonyl (C=O) groups excluding carboxylic acids is 1. The van der Waals surface area contributed by atoms with Gasteiger partial charge in [0.15, 0.2) is 0 Å². The second-order valence-corrected chi connectivity index (χ2v) is 4.15. The lowest BCUT2D eigenvalue weighted by Crippen LogP contribution is -2.14. The molecule has 1 N–H and O–H groups in total. The minimum atomic E-state index is -0.657. The normalized spacial score (nSPS) is 14.4. The highest BCUT2D eigenvalue weighted by Gasteiger charge is 2.19. The summed E-state index contributed by atoms with van der Waals surface area (Å²) in [6.45, 7) is 2.13. The summed E-state index contributed by atoms with van der Waals surface area (Å²) in [4.78, 5) is 11.0. The lowest BCUT2D eigenvalue weighted by atomic mass is 9.92. The van der Waals surface area contributed by atoms with E-state index in [1.54, 1.807) is 0 Å². The first-order valence-electron chi connectivity index (χ1n) is 5.98. The molecular weight excluding hydrogens is 200 g/mol. The van der Waals surface area contributed by atoms with Gasteiger partial charge in [0.1, 0.15) is 6.29 Å². The van der Waals surface area contributed by atoms with Crippen LogP contribution in [0.4, 0.5) is 0 Å². The van der Waals surface area contributed by atoms with Gasteiger partial charge >= 0.3 is 0 Å². The topological polar surface area (TPSA) is 37.3 Å². The summed E-state index contributed by atoms with van der Waals surface area (Å²) in [6.07, 6.45) is 4.25. The molecule has 2 nitrogen and oxygen atoms in total. The van der Waals surface area contributed by atoms with E-state index in [1.807, 2.05) is 30.3 Å². The highest BCUT2D eigenvalue weighted by Crippen LogP contribution is 2.24. The lowest BCUT2D eigenvalue weighted by molar-refractivity contribution is -0.114. The Morgan fingerprint density at radius 1 is 1.25 bits per heavy atom. The minimum Gasteiger partial charge on any atom is -0.388 e. The van der Waals surface area contributed by atoms with Crippen LogP contribution in [0.25, 0.3) is 0 Å². The fourth-order valence-electron chi connectivity index (χ4n) is 1.83. The zero-order valence-electron chi connectivity index (χ0n) is 9.80. The zero-order chi connectivity index (χ0) is 11.8. The number of benzene rings is 1. The molecule has 16 heavy (non-hydrogen) atoms. The Labute approximate surface area is 97.3 Å². The Morgan fingerprint density at radius 3 is 2.50 bits per heavy atom. The highest BCUT2D eigenvalue weighted by atomic mass is 16.3. The Bertz CT molecular complexity index is 295. The van der Waals surface area contributed by atoms with Crippen molar-refractivity contribution in [2.24, 2.45) is 5.92 Å². The average Bonchev–Trinajstić information content (AvgIpc) is 2.35. The maximum absolute atomic E-state index is 11.0. The third-order valence-corrected chi connectivity index (χ3v) is 2.86. The molecule has 2 atom stereocenters. The molecule has 0 fully saturated rings. The first kappa shape index (κ1) is 12.9. The first-order chi connectivity index (χ1) is 7.79. The predicted molar refractivity (Wildman–Crippen MR) is 65.1 cm³/mol. The summed E-state index contributed by atoms with van der Waals surface area (Å²) >= 11 is 0. The SMILES string of the molecule is CCCCC[C@@H](C=O)[C@H](O)c1ccccc1. The van der Waals surface area contributed by atoms with Crippen molar-refractivity contribution in [3.8, 4) is 0 Å². The van der Waals surface area contributed by atoms with Crippen LogP contribution >= 0.6 is 0 Å². The third-order valence-electron chi connectivity index (χ3n) is 2.86. The zero-order valence-corrected chi connectivity index (χ0v) is 9.80. The van der Waals surface area contributed by atoms with Crippen molar-refractivity contribution in [3.05, 3.63) is 35.9 Å². The van der Waals surface area contributed by atoms with Gasteiger partial charge in [-0.3, -0.25) is 0 Å². The van der Waals surface area contributed by atoms with Gasteiger partial charge in [0.05, 0.1) is 6.10 Å². The molecule has 0 aliphatic rings. The molecule has 0 bridgehead atoms. The second-order valence-electron chi connectivity index (χ2n) is 4.15. The van der Waals surface area contributed by atoms with Crippen molar-refractivity contribution in [2.45, 2.75) is 38.7 Å². The fourth-order valence-corrected chi connectivity index (χ4v) is 1.83. The van der Waals surface area contributed by atoms with Gasteiger partial charge in [-0.15, -0.1) is 0 Å². The molecule has 0 amide bonds. The molecule has 1 rings (SSSR count). The van der Waals surface area contributed by atoms with Crippen LogP contribution in [0.15, 0.2) is 30.3 Å². The summed E-state index contributed by atoms with van der Waals surface area (Å²) < 4.78 is 0. The quantitative estimate of drug-likeness (QED) is 0.566. The van der Waals surface area contributed by atoms with Crippen LogP contribution < -0.4 is 0 Å². The van der Waals surface area contributed by atoms with E-state index in [1.165, 1.54) is 0 Å². The van der Waals surface area contributed by atoms with Gasteiger partial charge < -0.3 is 9.90 Å². The van der Waals surface area contributed by atoms with Gasteiger partial charge in [0.2, 0.25) is 0 Å². The molecule has 0 saturated heterocycles. The molecule has 1 aromatic carbocycles. The van der Waals surface area contributed by atoms with Gasteiger partial charge in [-0.05, 0) is 12.0 Å². The van der Waals surface area contributed by atoms with E-state index in [0.29, 0.717) is 0 Å². The van der Waals surface area contributed by atoms with Crippen molar-refractivity contribution in [3.63, 3.8) is 0 Å². The number of hydrogen-bond acceptors (Lipinski definition) is 2. The van der Waals surface area contributed by atoms with Crippen LogP contribution in [0.5, 0.6) is 0 Å². The summed E-state index contributed by atoms with van der Waals surface area (Å²) in [6, 6.07) is 9.39. The number of hydrogen-bond donors (Lipinski definition) is 1. The standard InChI is InChI=1S/C14H20O2/c1-2-3-5-10-13(11-15)14(16)12-8-6-4-7-9-12/h4,6-9,11,13-14,16H,2-3,5,10H2,1H3/t13-,14+/m0/s1.